The maximum absolute atomic E-state index is 12.8. The second-order valence-corrected chi connectivity index (χ2v) is 5.99. The number of carbonyl (C=O) groups is 2. The van der Waals surface area contributed by atoms with Gasteiger partial charge in [-0.2, -0.15) is 0 Å². The number of ether oxygens (including phenoxy) is 1. The van der Waals surface area contributed by atoms with Crippen LogP contribution in [0.2, 0.25) is 0 Å². The first kappa shape index (κ1) is 13.3. The Kier molecular flexibility index (Phi) is 2.89. The number of rotatable bonds is 2. The van der Waals surface area contributed by atoms with Crippen molar-refractivity contribution in [1.82, 2.24) is 0 Å². The van der Waals surface area contributed by atoms with Crippen molar-refractivity contribution < 1.29 is 14.3 Å². The molecule has 0 heterocycles. The molecule has 0 amide bonds. The first-order chi connectivity index (χ1) is 10.7. The van der Waals surface area contributed by atoms with E-state index >= 15 is 0 Å². The molecule has 1 unspecified atom stereocenters. The van der Waals surface area contributed by atoms with Gasteiger partial charge in [-0.25, -0.2) is 0 Å². The quantitative estimate of drug-likeness (QED) is 0.852. The molecule has 0 saturated carbocycles. The maximum Gasteiger partial charge on any atom is 0.170 e. The predicted molar refractivity (Wildman–Crippen MR) is 82.9 cm³/mol. The van der Waals surface area contributed by atoms with Crippen LogP contribution < -0.4 is 4.74 Å². The highest BCUT2D eigenvalue weighted by molar-refractivity contribution is 6.08. The van der Waals surface area contributed by atoms with E-state index in [-0.39, 0.29) is 17.5 Å². The zero-order valence-corrected chi connectivity index (χ0v) is 12.4. The Balaban J connectivity index is 1.74. The van der Waals surface area contributed by atoms with Gasteiger partial charge in [-0.15, -0.1) is 0 Å². The lowest BCUT2D eigenvalue weighted by molar-refractivity contribution is 0.0970. The third-order valence-corrected chi connectivity index (χ3v) is 4.75. The van der Waals surface area contributed by atoms with E-state index < -0.39 is 0 Å². The van der Waals surface area contributed by atoms with E-state index in [1.165, 1.54) is 0 Å². The van der Waals surface area contributed by atoms with Crippen molar-refractivity contribution in [3.05, 3.63) is 64.2 Å². The standard InChI is InChI=1S/C19H16O3/c1-22-14-4-2-3-11(7-14)16-10-13-9-15-12(5-6-18(15)20)8-17(13)19(16)21/h2-4,7-9,16H,5-6,10H2,1H3. The lowest BCUT2D eigenvalue weighted by atomic mass is 9.95. The minimum Gasteiger partial charge on any atom is -0.497 e. The first-order valence-electron chi connectivity index (χ1n) is 7.54. The van der Waals surface area contributed by atoms with E-state index in [4.69, 9.17) is 4.74 Å². The predicted octanol–water partition coefficient (Wildman–Crippen LogP) is 3.35. The van der Waals surface area contributed by atoms with Gasteiger partial charge in [0.25, 0.3) is 0 Å². The highest BCUT2D eigenvalue weighted by atomic mass is 16.5. The van der Waals surface area contributed by atoms with Crippen molar-refractivity contribution in [2.45, 2.75) is 25.2 Å². The van der Waals surface area contributed by atoms with E-state index in [2.05, 4.69) is 0 Å². The van der Waals surface area contributed by atoms with E-state index in [0.717, 1.165) is 40.0 Å². The zero-order valence-electron chi connectivity index (χ0n) is 12.4. The number of hydrogen-bond donors (Lipinski definition) is 0. The molecule has 0 saturated heterocycles. The molecular formula is C19H16O3. The fourth-order valence-electron chi connectivity index (χ4n) is 3.56. The van der Waals surface area contributed by atoms with Crippen LogP contribution in [0.4, 0.5) is 0 Å². The van der Waals surface area contributed by atoms with E-state index in [1.54, 1.807) is 7.11 Å². The molecule has 0 fully saturated rings. The summed E-state index contributed by atoms with van der Waals surface area (Å²) in [6.45, 7) is 0. The van der Waals surface area contributed by atoms with Gasteiger partial charge in [0.15, 0.2) is 11.6 Å². The van der Waals surface area contributed by atoms with Crippen LogP contribution in [-0.4, -0.2) is 18.7 Å². The van der Waals surface area contributed by atoms with Gasteiger partial charge in [-0.3, -0.25) is 9.59 Å². The summed E-state index contributed by atoms with van der Waals surface area (Å²) in [5.41, 5.74) is 4.63. The smallest absolute Gasteiger partial charge is 0.170 e. The minimum absolute atomic E-state index is 0.158. The SMILES string of the molecule is COc1cccc(C2Cc3cc4c(cc3C2=O)CCC4=O)c1. The molecule has 3 heteroatoms. The molecule has 110 valence electrons. The monoisotopic (exact) mass is 292 g/mol. The molecule has 4 rings (SSSR count). The first-order valence-corrected chi connectivity index (χ1v) is 7.54. The lowest BCUT2D eigenvalue weighted by Crippen LogP contribution is -2.07. The fraction of sp³-hybridized carbons (Fsp3) is 0.263. The average molecular weight is 292 g/mol. The Labute approximate surface area is 128 Å². The largest absolute Gasteiger partial charge is 0.497 e. The molecule has 0 bridgehead atoms. The molecule has 0 N–H and O–H groups in total. The number of ketones is 2. The van der Waals surface area contributed by atoms with E-state index in [0.29, 0.717) is 12.8 Å². The minimum atomic E-state index is -0.164. The molecule has 2 aromatic carbocycles. The summed E-state index contributed by atoms with van der Waals surface area (Å²) in [6.07, 6.45) is 2.01. The van der Waals surface area contributed by atoms with Crippen LogP contribution >= 0.6 is 0 Å². The Morgan fingerprint density at radius 2 is 1.82 bits per heavy atom. The lowest BCUT2D eigenvalue weighted by Gasteiger charge is -2.09. The third-order valence-electron chi connectivity index (χ3n) is 4.75. The van der Waals surface area contributed by atoms with Crippen LogP contribution in [0.15, 0.2) is 36.4 Å². The van der Waals surface area contributed by atoms with Crippen molar-refractivity contribution in [3.63, 3.8) is 0 Å². The Hall–Kier alpha value is -2.42. The Morgan fingerprint density at radius 1 is 1.00 bits per heavy atom. The van der Waals surface area contributed by atoms with Crippen LogP contribution in [0.5, 0.6) is 5.75 Å². The molecule has 0 spiro atoms. The Bertz CT molecular complexity index is 804. The molecule has 0 radical (unpaired) electrons. The summed E-state index contributed by atoms with van der Waals surface area (Å²) in [5, 5.41) is 0. The van der Waals surface area contributed by atoms with Gasteiger partial charge in [0.2, 0.25) is 0 Å². The second-order valence-electron chi connectivity index (χ2n) is 5.99. The zero-order chi connectivity index (χ0) is 15.3. The third kappa shape index (κ3) is 1.89. The van der Waals surface area contributed by atoms with Crippen molar-refractivity contribution in [2.24, 2.45) is 0 Å². The highest BCUT2D eigenvalue weighted by Crippen LogP contribution is 2.38. The topological polar surface area (TPSA) is 43.4 Å². The molecule has 1 atom stereocenters. The van der Waals surface area contributed by atoms with E-state index in [9.17, 15) is 9.59 Å². The number of fused-ring (bicyclic) bond motifs is 2. The molecule has 2 aliphatic rings. The van der Waals surface area contributed by atoms with Crippen molar-refractivity contribution >= 4 is 11.6 Å². The van der Waals surface area contributed by atoms with Crippen LogP contribution in [0.1, 0.15) is 49.7 Å². The van der Waals surface area contributed by atoms with Crippen molar-refractivity contribution in [1.29, 1.82) is 0 Å². The maximum atomic E-state index is 12.8. The van der Waals surface area contributed by atoms with Gasteiger partial charge in [0.05, 0.1) is 13.0 Å². The van der Waals surface area contributed by atoms with Gasteiger partial charge >= 0.3 is 0 Å². The fourth-order valence-corrected chi connectivity index (χ4v) is 3.56. The average Bonchev–Trinajstić information content (AvgIpc) is 3.07. The normalized spacial score (nSPS) is 19.2. The summed E-state index contributed by atoms with van der Waals surface area (Å²) in [4.78, 5) is 24.6. The molecule has 3 nitrogen and oxygen atoms in total. The van der Waals surface area contributed by atoms with Crippen LogP contribution in [0, 0.1) is 0 Å². The number of hydrogen-bond acceptors (Lipinski definition) is 3. The van der Waals surface area contributed by atoms with Gasteiger partial charge in [0.1, 0.15) is 5.75 Å². The number of aryl methyl sites for hydroxylation is 1. The summed E-state index contributed by atoms with van der Waals surface area (Å²) < 4.78 is 5.25. The molecule has 2 aliphatic carbocycles. The highest BCUT2D eigenvalue weighted by Gasteiger charge is 2.34. The van der Waals surface area contributed by atoms with Crippen molar-refractivity contribution in [2.75, 3.05) is 7.11 Å². The molecular weight excluding hydrogens is 276 g/mol. The molecule has 2 aromatic rings. The van der Waals surface area contributed by atoms with E-state index in [1.807, 2.05) is 36.4 Å². The summed E-state index contributed by atoms with van der Waals surface area (Å²) in [5.74, 6) is 0.960. The van der Waals surface area contributed by atoms with Gasteiger partial charge in [-0.1, -0.05) is 12.1 Å². The summed E-state index contributed by atoms with van der Waals surface area (Å²) in [7, 11) is 1.63. The van der Waals surface area contributed by atoms with Gasteiger partial charge in [0, 0.05) is 17.5 Å². The number of benzene rings is 2. The molecule has 22 heavy (non-hydrogen) atoms. The number of Topliss-reactive ketones (excluding diaryl/α,β-unsaturated/α-hetero) is 2. The van der Waals surface area contributed by atoms with Gasteiger partial charge < -0.3 is 4.74 Å². The van der Waals surface area contributed by atoms with Crippen LogP contribution in [-0.2, 0) is 12.8 Å². The summed E-state index contributed by atoms with van der Waals surface area (Å²) in [6, 6.07) is 11.6. The second kappa shape index (κ2) is 4.80. The number of methoxy groups -OCH3 is 1. The molecule has 0 aromatic heterocycles. The van der Waals surface area contributed by atoms with Gasteiger partial charge in [-0.05, 0) is 53.8 Å². The van der Waals surface area contributed by atoms with Crippen LogP contribution in [0.25, 0.3) is 0 Å². The Morgan fingerprint density at radius 3 is 2.64 bits per heavy atom. The molecule has 0 aliphatic heterocycles. The summed E-state index contributed by atoms with van der Waals surface area (Å²) >= 11 is 0. The number of carbonyl (C=O) groups excluding carboxylic acids is 2. The van der Waals surface area contributed by atoms with Crippen LogP contribution in [0.3, 0.4) is 0 Å². The van der Waals surface area contributed by atoms with Crippen molar-refractivity contribution in [3.8, 4) is 5.75 Å².